The summed E-state index contributed by atoms with van der Waals surface area (Å²) in [6.45, 7) is 0. The molecule has 0 radical (unpaired) electrons. The molecule has 1 aliphatic carbocycles. The summed E-state index contributed by atoms with van der Waals surface area (Å²) in [4.78, 5) is 0. The first kappa shape index (κ1) is 15.0. The molecule has 2 N–H and O–H groups in total. The fourth-order valence-corrected chi connectivity index (χ4v) is 4.00. The van der Waals surface area contributed by atoms with Crippen LogP contribution in [0.15, 0.2) is 54.6 Å². The van der Waals surface area contributed by atoms with E-state index >= 15 is 0 Å². The molecule has 0 heterocycles. The van der Waals surface area contributed by atoms with Crippen molar-refractivity contribution in [2.45, 2.75) is 43.6 Å². The quantitative estimate of drug-likeness (QED) is 0.741. The molecule has 1 saturated carbocycles. The Balaban J connectivity index is 1.86. The number of hydrogen-bond acceptors (Lipinski definition) is 1. The zero-order valence-electron chi connectivity index (χ0n) is 12.3. The minimum Gasteiger partial charge on any atom is -0.324 e. The van der Waals surface area contributed by atoms with Gasteiger partial charge in [0.15, 0.2) is 0 Å². The Labute approximate surface area is 141 Å². The Kier molecular flexibility index (Phi) is 4.65. The van der Waals surface area contributed by atoms with Crippen molar-refractivity contribution < 1.29 is 0 Å². The number of nitrogens with two attached hydrogens (primary N) is 1. The second kappa shape index (κ2) is 6.49. The van der Waals surface area contributed by atoms with Crippen LogP contribution in [0.3, 0.4) is 0 Å². The van der Waals surface area contributed by atoms with E-state index < -0.39 is 0 Å². The van der Waals surface area contributed by atoms with Gasteiger partial charge in [0.1, 0.15) is 0 Å². The van der Waals surface area contributed by atoms with E-state index in [1.54, 1.807) is 0 Å². The molecule has 0 amide bonds. The minimum absolute atomic E-state index is 0.105. The first-order chi connectivity index (χ1) is 10.2. The van der Waals surface area contributed by atoms with Crippen molar-refractivity contribution in [3.63, 3.8) is 0 Å². The lowest BCUT2D eigenvalue weighted by atomic mass is 9.67. The molecule has 1 aliphatic rings. The van der Waals surface area contributed by atoms with E-state index in [9.17, 15) is 0 Å². The average Bonchev–Trinajstić information content (AvgIpc) is 2.51. The maximum absolute atomic E-state index is 6.90. The fraction of sp³-hybridized carbons (Fsp3) is 0.368. The van der Waals surface area contributed by atoms with Gasteiger partial charge in [-0.15, -0.1) is 0 Å². The van der Waals surface area contributed by atoms with Gasteiger partial charge in [0.05, 0.1) is 0 Å². The number of benzene rings is 2. The summed E-state index contributed by atoms with van der Waals surface area (Å²) in [5.74, 6) is 0.478. The van der Waals surface area contributed by atoms with Crippen LogP contribution in [-0.2, 0) is 6.42 Å². The Morgan fingerprint density at radius 1 is 1.00 bits per heavy atom. The third-order valence-corrected chi connectivity index (χ3v) is 5.45. The number of rotatable bonds is 3. The summed E-state index contributed by atoms with van der Waals surface area (Å²) >= 11 is 2.35. The van der Waals surface area contributed by atoms with Crippen molar-refractivity contribution in [2.24, 2.45) is 5.73 Å². The number of hydrogen-bond donors (Lipinski definition) is 1. The Hall–Kier alpha value is -0.870. The topological polar surface area (TPSA) is 26.0 Å². The van der Waals surface area contributed by atoms with E-state index in [1.165, 1.54) is 34.0 Å². The monoisotopic (exact) mass is 391 g/mol. The van der Waals surface area contributed by atoms with Crippen LogP contribution in [0.5, 0.6) is 0 Å². The van der Waals surface area contributed by atoms with Crippen molar-refractivity contribution in [2.75, 3.05) is 0 Å². The van der Waals surface area contributed by atoms with Gasteiger partial charge in [-0.25, -0.2) is 0 Å². The first-order valence-electron chi connectivity index (χ1n) is 7.76. The van der Waals surface area contributed by atoms with Crippen LogP contribution in [-0.4, -0.2) is 5.54 Å². The second-order valence-corrected chi connectivity index (χ2v) is 7.49. The maximum Gasteiger partial charge on any atom is 0.0264 e. The third-order valence-electron chi connectivity index (χ3n) is 4.73. The largest absolute Gasteiger partial charge is 0.324 e. The second-order valence-electron chi connectivity index (χ2n) is 6.25. The van der Waals surface area contributed by atoms with Gasteiger partial charge in [0, 0.05) is 15.0 Å². The Morgan fingerprint density at radius 2 is 1.71 bits per heavy atom. The van der Waals surface area contributed by atoms with E-state index in [1.807, 2.05) is 0 Å². The van der Waals surface area contributed by atoms with Gasteiger partial charge < -0.3 is 5.73 Å². The molecule has 1 fully saturated rings. The molecule has 3 rings (SSSR count). The average molecular weight is 391 g/mol. The van der Waals surface area contributed by atoms with Gasteiger partial charge >= 0.3 is 0 Å². The highest BCUT2D eigenvalue weighted by atomic mass is 127. The van der Waals surface area contributed by atoms with Crippen LogP contribution >= 0.6 is 22.6 Å². The summed E-state index contributed by atoms with van der Waals surface area (Å²) in [5.41, 5.74) is 9.57. The van der Waals surface area contributed by atoms with E-state index in [0.717, 1.165) is 12.8 Å². The SMILES string of the molecule is NC1(Cc2ccc(I)cc2)CCCCC1c1ccccc1. The van der Waals surface area contributed by atoms with Gasteiger partial charge in [-0.05, 0) is 65.1 Å². The van der Waals surface area contributed by atoms with Crippen LogP contribution in [0.25, 0.3) is 0 Å². The van der Waals surface area contributed by atoms with Crippen molar-refractivity contribution in [1.29, 1.82) is 0 Å². The molecule has 2 heteroatoms. The Morgan fingerprint density at radius 3 is 2.43 bits per heavy atom. The van der Waals surface area contributed by atoms with Crippen LogP contribution in [0, 0.1) is 3.57 Å². The predicted molar refractivity (Wildman–Crippen MR) is 97.4 cm³/mol. The third kappa shape index (κ3) is 3.49. The minimum atomic E-state index is -0.105. The highest BCUT2D eigenvalue weighted by Crippen LogP contribution is 2.41. The molecule has 0 bridgehead atoms. The van der Waals surface area contributed by atoms with Crippen molar-refractivity contribution in [3.05, 3.63) is 69.3 Å². The van der Waals surface area contributed by atoms with Gasteiger partial charge in [-0.3, -0.25) is 0 Å². The van der Waals surface area contributed by atoms with Crippen LogP contribution in [0.2, 0.25) is 0 Å². The first-order valence-corrected chi connectivity index (χ1v) is 8.83. The van der Waals surface area contributed by atoms with Crippen LogP contribution in [0.4, 0.5) is 0 Å². The standard InChI is InChI=1S/C19H22IN/c20-17-11-9-15(10-12-17)14-19(21)13-5-4-8-18(19)16-6-2-1-3-7-16/h1-3,6-7,9-12,18H,4-5,8,13-14,21H2. The van der Waals surface area contributed by atoms with Gasteiger partial charge in [0.25, 0.3) is 0 Å². The van der Waals surface area contributed by atoms with Gasteiger partial charge in [0.2, 0.25) is 0 Å². The lowest BCUT2D eigenvalue weighted by Gasteiger charge is -2.42. The summed E-state index contributed by atoms with van der Waals surface area (Å²) in [6.07, 6.45) is 5.86. The highest BCUT2D eigenvalue weighted by Gasteiger charge is 2.37. The maximum atomic E-state index is 6.90. The molecule has 110 valence electrons. The molecule has 0 saturated heterocycles. The van der Waals surface area contributed by atoms with E-state index in [0.29, 0.717) is 5.92 Å². The zero-order valence-corrected chi connectivity index (χ0v) is 14.4. The smallest absolute Gasteiger partial charge is 0.0264 e. The molecular weight excluding hydrogens is 369 g/mol. The van der Waals surface area contributed by atoms with Gasteiger partial charge in [-0.2, -0.15) is 0 Å². The van der Waals surface area contributed by atoms with E-state index in [4.69, 9.17) is 5.73 Å². The summed E-state index contributed by atoms with van der Waals surface area (Å²) in [6, 6.07) is 19.7. The van der Waals surface area contributed by atoms with Crippen molar-refractivity contribution >= 4 is 22.6 Å². The normalized spacial score (nSPS) is 25.7. The molecular formula is C19H22IN. The molecule has 21 heavy (non-hydrogen) atoms. The summed E-state index contributed by atoms with van der Waals surface area (Å²) < 4.78 is 1.28. The molecule has 0 aliphatic heterocycles. The molecule has 0 aromatic heterocycles. The zero-order chi connectivity index (χ0) is 14.7. The lowest BCUT2D eigenvalue weighted by molar-refractivity contribution is 0.249. The lowest BCUT2D eigenvalue weighted by Crippen LogP contribution is -2.49. The molecule has 1 nitrogen and oxygen atoms in total. The molecule has 2 aromatic rings. The Bertz CT molecular complexity index is 578. The van der Waals surface area contributed by atoms with Crippen molar-refractivity contribution in [1.82, 2.24) is 0 Å². The fourth-order valence-electron chi connectivity index (χ4n) is 3.64. The highest BCUT2D eigenvalue weighted by molar-refractivity contribution is 14.1. The van der Waals surface area contributed by atoms with Crippen LogP contribution < -0.4 is 5.73 Å². The molecule has 0 spiro atoms. The molecule has 2 atom stereocenters. The van der Waals surface area contributed by atoms with E-state index in [-0.39, 0.29) is 5.54 Å². The molecule has 2 unspecified atom stereocenters. The van der Waals surface area contributed by atoms with Crippen molar-refractivity contribution in [3.8, 4) is 0 Å². The molecule has 2 aromatic carbocycles. The van der Waals surface area contributed by atoms with Gasteiger partial charge in [-0.1, -0.05) is 55.3 Å². The number of halogens is 1. The summed E-state index contributed by atoms with van der Waals surface area (Å²) in [5, 5.41) is 0. The summed E-state index contributed by atoms with van der Waals surface area (Å²) in [7, 11) is 0. The predicted octanol–water partition coefficient (Wildman–Crippen LogP) is 4.89. The van der Waals surface area contributed by atoms with Crippen LogP contribution in [0.1, 0.15) is 42.7 Å². The van der Waals surface area contributed by atoms with E-state index in [2.05, 4.69) is 77.2 Å².